The van der Waals surface area contributed by atoms with E-state index in [0.29, 0.717) is 5.02 Å². The third-order valence-corrected chi connectivity index (χ3v) is 6.84. The Balaban J connectivity index is 1.80. The predicted octanol–water partition coefficient (Wildman–Crippen LogP) is 2.88. The maximum absolute atomic E-state index is 12.9. The van der Waals surface area contributed by atoms with Gasteiger partial charge in [0.2, 0.25) is 10.0 Å². The summed E-state index contributed by atoms with van der Waals surface area (Å²) in [5.74, 6) is 0. The lowest BCUT2D eigenvalue weighted by molar-refractivity contribution is -0.110. The van der Waals surface area contributed by atoms with Gasteiger partial charge < -0.3 is 0 Å². The number of rotatable bonds is 4. The highest BCUT2D eigenvalue weighted by molar-refractivity contribution is 7.90. The number of halogens is 1. The number of hydroxylamine groups is 2. The molecule has 0 spiro atoms. The molecule has 1 heterocycles. The SMILES string of the molecule is CN1OCC(S(=O)(=O)NC2CCCCC2)C1c1ccc(Cl)cc1. The van der Waals surface area contributed by atoms with Gasteiger partial charge in [-0.2, -0.15) is 5.06 Å². The minimum atomic E-state index is -3.45. The van der Waals surface area contributed by atoms with Gasteiger partial charge in [-0.05, 0) is 30.5 Å². The summed E-state index contributed by atoms with van der Waals surface area (Å²) in [5.41, 5.74) is 0.897. The molecule has 7 heteroatoms. The molecule has 0 amide bonds. The van der Waals surface area contributed by atoms with Crippen LogP contribution in [-0.2, 0) is 14.9 Å². The summed E-state index contributed by atoms with van der Waals surface area (Å²) in [6.07, 6.45) is 5.23. The van der Waals surface area contributed by atoms with Crippen LogP contribution < -0.4 is 4.72 Å². The first kappa shape index (κ1) is 17.2. The standard InChI is InChI=1S/C16H23ClN2O3S/c1-19-16(12-7-9-13(17)10-8-12)15(11-22-19)23(20,21)18-14-5-3-2-4-6-14/h7-10,14-16,18H,2-6,11H2,1H3. The topological polar surface area (TPSA) is 58.6 Å². The maximum atomic E-state index is 12.9. The summed E-state index contributed by atoms with van der Waals surface area (Å²) in [6.45, 7) is 0.172. The molecule has 1 saturated carbocycles. The lowest BCUT2D eigenvalue weighted by Crippen LogP contribution is -2.44. The molecular weight excluding hydrogens is 336 g/mol. The molecule has 5 nitrogen and oxygen atoms in total. The van der Waals surface area contributed by atoms with Gasteiger partial charge in [-0.1, -0.05) is 43.0 Å². The zero-order valence-corrected chi connectivity index (χ0v) is 14.8. The molecule has 2 atom stereocenters. The van der Waals surface area contributed by atoms with Crippen molar-refractivity contribution >= 4 is 21.6 Å². The van der Waals surface area contributed by atoms with Gasteiger partial charge in [0.15, 0.2) is 0 Å². The van der Waals surface area contributed by atoms with E-state index in [9.17, 15) is 8.42 Å². The zero-order chi connectivity index (χ0) is 16.4. The molecule has 0 bridgehead atoms. The molecule has 2 unspecified atom stereocenters. The van der Waals surface area contributed by atoms with E-state index < -0.39 is 15.3 Å². The normalized spacial score (nSPS) is 27.4. The minimum Gasteiger partial charge on any atom is -0.297 e. The molecule has 1 N–H and O–H groups in total. The summed E-state index contributed by atoms with van der Waals surface area (Å²) < 4.78 is 28.6. The van der Waals surface area contributed by atoms with Crippen LogP contribution in [0.4, 0.5) is 0 Å². The maximum Gasteiger partial charge on any atom is 0.219 e. The van der Waals surface area contributed by atoms with Gasteiger partial charge in [0.1, 0.15) is 5.25 Å². The fraction of sp³-hybridized carbons (Fsp3) is 0.625. The Labute approximate surface area is 143 Å². The molecule has 1 aromatic carbocycles. The third-order valence-electron chi connectivity index (χ3n) is 4.73. The highest BCUT2D eigenvalue weighted by atomic mass is 35.5. The first-order valence-corrected chi connectivity index (χ1v) is 10.0. The van der Waals surface area contributed by atoms with E-state index >= 15 is 0 Å². The van der Waals surface area contributed by atoms with E-state index in [1.54, 1.807) is 24.2 Å². The van der Waals surface area contributed by atoms with Crippen molar-refractivity contribution in [1.29, 1.82) is 0 Å². The van der Waals surface area contributed by atoms with Crippen molar-refractivity contribution in [2.24, 2.45) is 0 Å². The summed E-state index contributed by atoms with van der Waals surface area (Å²) in [4.78, 5) is 5.52. The average molecular weight is 359 g/mol. The predicted molar refractivity (Wildman–Crippen MR) is 90.6 cm³/mol. The molecule has 0 aromatic heterocycles. The fourth-order valence-corrected chi connectivity index (χ4v) is 5.39. The molecule has 1 aliphatic heterocycles. The molecular formula is C16H23ClN2O3S. The van der Waals surface area contributed by atoms with Crippen molar-refractivity contribution in [1.82, 2.24) is 9.79 Å². The van der Waals surface area contributed by atoms with Gasteiger partial charge in [-0.25, -0.2) is 13.1 Å². The minimum absolute atomic E-state index is 0.0607. The smallest absolute Gasteiger partial charge is 0.219 e. The number of nitrogens with zero attached hydrogens (tertiary/aromatic N) is 1. The number of hydrogen-bond acceptors (Lipinski definition) is 4. The van der Waals surface area contributed by atoms with Gasteiger partial charge in [0.05, 0.1) is 12.6 Å². The van der Waals surface area contributed by atoms with Crippen LogP contribution in [0.2, 0.25) is 5.02 Å². The Bertz CT molecular complexity index is 629. The largest absolute Gasteiger partial charge is 0.297 e. The van der Waals surface area contributed by atoms with E-state index in [-0.39, 0.29) is 18.7 Å². The number of nitrogens with one attached hydrogen (secondary N) is 1. The summed E-state index contributed by atoms with van der Waals surface area (Å²) >= 11 is 5.93. The quantitative estimate of drug-likeness (QED) is 0.899. The number of sulfonamides is 1. The van der Waals surface area contributed by atoms with Crippen LogP contribution in [0.1, 0.15) is 43.7 Å². The van der Waals surface area contributed by atoms with Gasteiger partial charge in [0.25, 0.3) is 0 Å². The first-order valence-electron chi connectivity index (χ1n) is 8.10. The average Bonchev–Trinajstić information content (AvgIpc) is 2.91. The summed E-state index contributed by atoms with van der Waals surface area (Å²) in [6, 6.07) is 7.02. The van der Waals surface area contributed by atoms with Crippen LogP contribution in [0.15, 0.2) is 24.3 Å². The van der Waals surface area contributed by atoms with Crippen LogP contribution in [0.5, 0.6) is 0 Å². The molecule has 2 aliphatic rings. The Morgan fingerprint density at radius 2 is 1.83 bits per heavy atom. The van der Waals surface area contributed by atoms with Crippen molar-refractivity contribution in [2.75, 3.05) is 13.7 Å². The van der Waals surface area contributed by atoms with Crippen LogP contribution in [0, 0.1) is 0 Å². The Morgan fingerprint density at radius 3 is 2.48 bits per heavy atom. The van der Waals surface area contributed by atoms with E-state index in [4.69, 9.17) is 16.4 Å². The lowest BCUT2D eigenvalue weighted by atomic mass is 9.96. The second-order valence-electron chi connectivity index (χ2n) is 6.37. The first-order chi connectivity index (χ1) is 11.0. The summed E-state index contributed by atoms with van der Waals surface area (Å²) in [7, 11) is -1.68. The Hall–Kier alpha value is -0.660. The highest BCUT2D eigenvalue weighted by Gasteiger charge is 2.43. The zero-order valence-electron chi connectivity index (χ0n) is 13.2. The van der Waals surface area contributed by atoms with Crippen molar-refractivity contribution in [3.8, 4) is 0 Å². The van der Waals surface area contributed by atoms with Crippen LogP contribution in [-0.4, -0.2) is 38.4 Å². The van der Waals surface area contributed by atoms with Gasteiger partial charge in [-0.15, -0.1) is 0 Å². The molecule has 1 saturated heterocycles. The number of hydrogen-bond donors (Lipinski definition) is 1. The van der Waals surface area contributed by atoms with Gasteiger partial charge >= 0.3 is 0 Å². The summed E-state index contributed by atoms with van der Waals surface area (Å²) in [5, 5.41) is 1.65. The fourth-order valence-electron chi connectivity index (χ4n) is 3.48. The van der Waals surface area contributed by atoms with E-state index in [1.165, 1.54) is 6.42 Å². The second kappa shape index (κ2) is 7.07. The second-order valence-corrected chi connectivity index (χ2v) is 8.74. The molecule has 1 aromatic rings. The van der Waals surface area contributed by atoms with E-state index in [0.717, 1.165) is 31.2 Å². The number of benzene rings is 1. The lowest BCUT2D eigenvalue weighted by Gasteiger charge is -2.27. The molecule has 23 heavy (non-hydrogen) atoms. The monoisotopic (exact) mass is 358 g/mol. The molecule has 0 radical (unpaired) electrons. The van der Waals surface area contributed by atoms with Crippen molar-refractivity contribution < 1.29 is 13.3 Å². The third kappa shape index (κ3) is 3.88. The van der Waals surface area contributed by atoms with Crippen LogP contribution in [0.3, 0.4) is 0 Å². The van der Waals surface area contributed by atoms with Gasteiger partial charge in [-0.3, -0.25) is 4.84 Å². The molecule has 128 valence electrons. The Kier molecular flexibility index (Phi) is 5.28. The van der Waals surface area contributed by atoms with Crippen molar-refractivity contribution in [2.45, 2.75) is 49.4 Å². The molecule has 3 rings (SSSR count). The van der Waals surface area contributed by atoms with Crippen molar-refractivity contribution in [3.63, 3.8) is 0 Å². The van der Waals surface area contributed by atoms with Gasteiger partial charge in [0, 0.05) is 18.1 Å². The van der Waals surface area contributed by atoms with Crippen LogP contribution in [0.25, 0.3) is 0 Å². The highest BCUT2D eigenvalue weighted by Crippen LogP contribution is 2.34. The van der Waals surface area contributed by atoms with E-state index in [1.807, 2.05) is 12.1 Å². The molecule has 2 fully saturated rings. The molecule has 1 aliphatic carbocycles. The van der Waals surface area contributed by atoms with E-state index in [2.05, 4.69) is 4.72 Å². The van der Waals surface area contributed by atoms with Crippen molar-refractivity contribution in [3.05, 3.63) is 34.9 Å². The Morgan fingerprint density at radius 1 is 1.17 bits per heavy atom. The van der Waals surface area contributed by atoms with Crippen LogP contribution >= 0.6 is 11.6 Å².